The van der Waals surface area contributed by atoms with Gasteiger partial charge in [-0.25, -0.2) is 0 Å². The van der Waals surface area contributed by atoms with Gasteiger partial charge in [-0.1, -0.05) is 13.8 Å². The summed E-state index contributed by atoms with van der Waals surface area (Å²) in [6.45, 7) is 4.60. The molecule has 0 amide bonds. The normalized spacial score (nSPS) is 21.5. The molecule has 4 heteroatoms. The van der Waals surface area contributed by atoms with E-state index < -0.39 is 11.9 Å². The van der Waals surface area contributed by atoms with Crippen molar-refractivity contribution in [3.63, 3.8) is 0 Å². The van der Waals surface area contributed by atoms with Gasteiger partial charge in [-0.15, -0.1) is 0 Å². The minimum Gasteiger partial charge on any atom is -0.468 e. The topological polar surface area (TPSA) is 52.6 Å². The van der Waals surface area contributed by atoms with Gasteiger partial charge in [0, 0.05) is 6.42 Å². The highest BCUT2D eigenvalue weighted by atomic mass is 16.5. The van der Waals surface area contributed by atoms with E-state index in [0.29, 0.717) is 13.0 Å². The lowest BCUT2D eigenvalue weighted by atomic mass is 10.0. The van der Waals surface area contributed by atoms with Gasteiger partial charge in [0.25, 0.3) is 0 Å². The first kappa shape index (κ1) is 12.1. The molecule has 0 aliphatic carbocycles. The maximum atomic E-state index is 11.0. The molecule has 0 spiro atoms. The zero-order chi connectivity index (χ0) is 10.3. The summed E-state index contributed by atoms with van der Waals surface area (Å²) in [7, 11) is 1.27. The third-order valence-electron chi connectivity index (χ3n) is 1.65. The fourth-order valence-corrected chi connectivity index (χ4v) is 0.983. The highest BCUT2D eigenvalue weighted by molar-refractivity contribution is 5.99. The molecule has 1 atom stereocenters. The Kier molecular flexibility index (Phi) is 6.14. The minimum atomic E-state index is -0.686. The zero-order valence-corrected chi connectivity index (χ0v) is 8.33. The summed E-state index contributed by atoms with van der Waals surface area (Å²) in [6, 6.07) is 0. The van der Waals surface area contributed by atoms with Crippen LogP contribution >= 0.6 is 0 Å². The van der Waals surface area contributed by atoms with Crippen molar-refractivity contribution < 1.29 is 19.1 Å². The third kappa shape index (κ3) is 3.55. The van der Waals surface area contributed by atoms with Crippen molar-refractivity contribution in [2.45, 2.75) is 20.3 Å². The average Bonchev–Trinajstić information content (AvgIpc) is 2.20. The molecule has 0 N–H and O–H groups in total. The number of ketones is 1. The van der Waals surface area contributed by atoms with E-state index in [1.54, 1.807) is 0 Å². The molecule has 1 aliphatic heterocycles. The second-order valence-corrected chi connectivity index (χ2v) is 2.37. The van der Waals surface area contributed by atoms with Crippen LogP contribution in [0.1, 0.15) is 20.3 Å². The van der Waals surface area contributed by atoms with Gasteiger partial charge in [-0.05, 0) is 0 Å². The Bertz CT molecular complexity index is 168. The van der Waals surface area contributed by atoms with Crippen molar-refractivity contribution in [3.05, 3.63) is 0 Å². The lowest BCUT2D eigenvalue weighted by molar-refractivity contribution is -0.155. The highest BCUT2D eigenvalue weighted by Gasteiger charge is 2.30. The van der Waals surface area contributed by atoms with E-state index in [4.69, 9.17) is 4.74 Å². The molecule has 1 aliphatic rings. The number of esters is 1. The Morgan fingerprint density at radius 1 is 1.54 bits per heavy atom. The van der Waals surface area contributed by atoms with E-state index in [2.05, 4.69) is 4.74 Å². The Hall–Kier alpha value is -0.900. The number of rotatable bonds is 1. The first-order chi connectivity index (χ1) is 6.25. The standard InChI is InChI=1S/C7H10O4.C2H6/c1-10-7(9)5-4-11-3-2-6(5)8;1-2/h5H,2-4H2,1H3;1-2H3. The van der Waals surface area contributed by atoms with Crippen LogP contribution in [0.5, 0.6) is 0 Å². The summed E-state index contributed by atoms with van der Waals surface area (Å²) >= 11 is 0. The molecule has 76 valence electrons. The van der Waals surface area contributed by atoms with Crippen LogP contribution in [0.4, 0.5) is 0 Å². The molecule has 1 saturated heterocycles. The number of hydrogen-bond donors (Lipinski definition) is 0. The molecule has 0 radical (unpaired) electrons. The second-order valence-electron chi connectivity index (χ2n) is 2.37. The predicted molar refractivity (Wildman–Crippen MR) is 47.3 cm³/mol. The molecule has 1 unspecified atom stereocenters. The molecule has 1 rings (SSSR count). The molecular formula is C9H16O4. The Morgan fingerprint density at radius 2 is 2.15 bits per heavy atom. The van der Waals surface area contributed by atoms with Gasteiger partial charge < -0.3 is 9.47 Å². The molecular weight excluding hydrogens is 172 g/mol. The van der Waals surface area contributed by atoms with Gasteiger partial charge in [0.15, 0.2) is 5.78 Å². The van der Waals surface area contributed by atoms with E-state index in [1.807, 2.05) is 13.8 Å². The predicted octanol–water partition coefficient (Wildman–Crippen LogP) is 0.791. The second kappa shape index (κ2) is 6.60. The summed E-state index contributed by atoms with van der Waals surface area (Å²) in [6.07, 6.45) is 0.319. The Labute approximate surface area is 78.2 Å². The van der Waals surface area contributed by atoms with E-state index in [1.165, 1.54) is 7.11 Å². The average molecular weight is 188 g/mol. The van der Waals surface area contributed by atoms with Gasteiger partial charge in [-0.2, -0.15) is 0 Å². The Morgan fingerprint density at radius 3 is 2.62 bits per heavy atom. The summed E-state index contributed by atoms with van der Waals surface area (Å²) in [5, 5.41) is 0. The van der Waals surface area contributed by atoms with Gasteiger partial charge >= 0.3 is 5.97 Å². The van der Waals surface area contributed by atoms with Crippen molar-refractivity contribution >= 4 is 11.8 Å². The smallest absolute Gasteiger partial charge is 0.318 e. The molecule has 0 bridgehead atoms. The fourth-order valence-electron chi connectivity index (χ4n) is 0.983. The van der Waals surface area contributed by atoms with Crippen LogP contribution in [-0.2, 0) is 19.1 Å². The van der Waals surface area contributed by atoms with Crippen molar-refractivity contribution in [2.24, 2.45) is 5.92 Å². The number of ether oxygens (including phenoxy) is 2. The lowest BCUT2D eigenvalue weighted by Crippen LogP contribution is -2.34. The van der Waals surface area contributed by atoms with Crippen LogP contribution in [0.3, 0.4) is 0 Å². The maximum Gasteiger partial charge on any atom is 0.318 e. The first-order valence-electron chi connectivity index (χ1n) is 4.44. The van der Waals surface area contributed by atoms with E-state index in [-0.39, 0.29) is 12.4 Å². The van der Waals surface area contributed by atoms with Crippen molar-refractivity contribution in [1.29, 1.82) is 0 Å². The third-order valence-corrected chi connectivity index (χ3v) is 1.65. The van der Waals surface area contributed by atoms with Crippen LogP contribution in [0, 0.1) is 5.92 Å². The minimum absolute atomic E-state index is 0.0805. The van der Waals surface area contributed by atoms with E-state index in [0.717, 1.165) is 0 Å². The van der Waals surface area contributed by atoms with Gasteiger partial charge in [0.2, 0.25) is 0 Å². The molecule has 1 heterocycles. The molecule has 13 heavy (non-hydrogen) atoms. The monoisotopic (exact) mass is 188 g/mol. The van der Waals surface area contributed by atoms with Crippen LogP contribution in [0.2, 0.25) is 0 Å². The van der Waals surface area contributed by atoms with Crippen LogP contribution in [0.25, 0.3) is 0 Å². The molecule has 1 fully saturated rings. The van der Waals surface area contributed by atoms with Crippen LogP contribution in [0.15, 0.2) is 0 Å². The largest absolute Gasteiger partial charge is 0.468 e. The lowest BCUT2D eigenvalue weighted by Gasteiger charge is -2.18. The summed E-state index contributed by atoms with van der Waals surface area (Å²) in [4.78, 5) is 21.9. The van der Waals surface area contributed by atoms with Crippen molar-refractivity contribution in [3.8, 4) is 0 Å². The number of carbonyl (C=O) groups excluding carboxylic acids is 2. The molecule has 0 saturated carbocycles. The maximum absolute atomic E-state index is 11.0. The van der Waals surface area contributed by atoms with Crippen LogP contribution < -0.4 is 0 Å². The fraction of sp³-hybridized carbons (Fsp3) is 0.778. The molecule has 0 aromatic heterocycles. The first-order valence-corrected chi connectivity index (χ1v) is 4.44. The SMILES string of the molecule is CC.COC(=O)C1COCCC1=O. The van der Waals surface area contributed by atoms with Gasteiger partial charge in [0.05, 0.1) is 20.3 Å². The molecule has 0 aromatic rings. The summed E-state index contributed by atoms with van der Waals surface area (Å²) in [5.74, 6) is -1.26. The molecule has 4 nitrogen and oxygen atoms in total. The van der Waals surface area contributed by atoms with Gasteiger partial charge in [-0.3, -0.25) is 9.59 Å². The zero-order valence-electron chi connectivity index (χ0n) is 8.33. The number of hydrogen-bond acceptors (Lipinski definition) is 4. The van der Waals surface area contributed by atoms with Crippen LogP contribution in [-0.4, -0.2) is 32.1 Å². The quantitative estimate of drug-likeness (QED) is 0.451. The van der Waals surface area contributed by atoms with Crippen molar-refractivity contribution in [2.75, 3.05) is 20.3 Å². The van der Waals surface area contributed by atoms with E-state index in [9.17, 15) is 9.59 Å². The van der Waals surface area contributed by atoms with Crippen molar-refractivity contribution in [1.82, 2.24) is 0 Å². The van der Waals surface area contributed by atoms with E-state index >= 15 is 0 Å². The highest BCUT2D eigenvalue weighted by Crippen LogP contribution is 2.10. The summed E-state index contributed by atoms with van der Waals surface area (Å²) < 4.78 is 9.37. The number of methoxy groups -OCH3 is 1. The number of carbonyl (C=O) groups is 2. The van der Waals surface area contributed by atoms with Gasteiger partial charge in [0.1, 0.15) is 5.92 Å². The molecule has 0 aromatic carbocycles. The summed E-state index contributed by atoms with van der Waals surface area (Å²) in [5.41, 5.74) is 0. The number of Topliss-reactive ketones (excluding diaryl/α,β-unsaturated/α-hetero) is 1. The Balaban J connectivity index is 0.000000671.